The third-order valence-electron chi connectivity index (χ3n) is 3.52. The molecule has 2 aliphatic rings. The highest BCUT2D eigenvalue weighted by Crippen LogP contribution is 2.47. The monoisotopic (exact) mass is 172 g/mol. The molecule has 2 saturated carbocycles. The van der Waals surface area contributed by atoms with Crippen molar-refractivity contribution in [2.45, 2.75) is 38.0 Å². The van der Waals surface area contributed by atoms with Crippen LogP contribution in [-0.2, 0) is 0 Å². The molecule has 0 aliphatic heterocycles. The van der Waals surface area contributed by atoms with Gasteiger partial charge in [0.05, 0.1) is 0 Å². The quantitative estimate of drug-likeness (QED) is 0.638. The Hall–Kier alpha value is -0.780. The summed E-state index contributed by atoms with van der Waals surface area (Å²) in [5.41, 5.74) is 3.13. The minimum atomic E-state index is 0.883. The predicted molar refractivity (Wildman–Crippen MR) is 54.9 cm³/mol. The van der Waals surface area contributed by atoms with Gasteiger partial charge < -0.3 is 0 Å². The van der Waals surface area contributed by atoms with E-state index in [0.29, 0.717) is 0 Å². The van der Waals surface area contributed by atoms with Crippen LogP contribution in [0.15, 0.2) is 24.3 Å². The van der Waals surface area contributed by atoms with Gasteiger partial charge in [-0.1, -0.05) is 31.2 Å². The Morgan fingerprint density at radius 2 is 1.54 bits per heavy atom. The topological polar surface area (TPSA) is 0 Å². The Labute approximate surface area is 80.0 Å². The van der Waals surface area contributed by atoms with Gasteiger partial charge in [0.15, 0.2) is 0 Å². The minimum absolute atomic E-state index is 0.883. The van der Waals surface area contributed by atoms with Crippen molar-refractivity contribution in [2.24, 2.45) is 5.92 Å². The van der Waals surface area contributed by atoms with Crippen LogP contribution in [0.1, 0.15) is 49.1 Å². The van der Waals surface area contributed by atoms with E-state index < -0.39 is 0 Å². The van der Waals surface area contributed by atoms with Gasteiger partial charge in [0.25, 0.3) is 0 Å². The average Bonchev–Trinajstić information content (AvgIpc) is 2.98. The molecular formula is C13H16. The molecule has 0 amide bonds. The first-order chi connectivity index (χ1) is 6.34. The van der Waals surface area contributed by atoms with Gasteiger partial charge in [-0.05, 0) is 48.1 Å². The molecule has 0 saturated heterocycles. The lowest BCUT2D eigenvalue weighted by Gasteiger charge is -2.01. The van der Waals surface area contributed by atoms with Crippen LogP contribution in [0.3, 0.4) is 0 Å². The highest BCUT2D eigenvalue weighted by molar-refractivity contribution is 5.32. The van der Waals surface area contributed by atoms with E-state index in [4.69, 9.17) is 0 Å². The van der Waals surface area contributed by atoms with Crippen LogP contribution in [0, 0.1) is 5.92 Å². The summed E-state index contributed by atoms with van der Waals surface area (Å²) in [5.74, 6) is 2.73. The first-order valence-corrected chi connectivity index (χ1v) is 5.44. The van der Waals surface area contributed by atoms with E-state index in [-0.39, 0.29) is 0 Å². The van der Waals surface area contributed by atoms with Crippen molar-refractivity contribution >= 4 is 0 Å². The third kappa shape index (κ3) is 1.39. The molecule has 2 aliphatic carbocycles. The standard InChI is InChI=1S/C13H16/c1-9-8-13(9)12-6-4-11(5-7-12)10-2-3-10/h4-7,9-10,13H,2-3,8H2,1H3/t9-,13-/m1/s1. The summed E-state index contributed by atoms with van der Waals surface area (Å²) >= 11 is 0. The molecule has 0 heterocycles. The summed E-state index contributed by atoms with van der Waals surface area (Å²) in [7, 11) is 0. The molecule has 1 aromatic rings. The predicted octanol–water partition coefficient (Wildman–Crippen LogP) is 3.69. The highest BCUT2D eigenvalue weighted by Gasteiger charge is 2.34. The normalized spacial score (nSPS) is 31.8. The van der Waals surface area contributed by atoms with Gasteiger partial charge in [-0.25, -0.2) is 0 Å². The van der Waals surface area contributed by atoms with E-state index in [1.54, 1.807) is 11.1 Å². The van der Waals surface area contributed by atoms with Crippen LogP contribution in [0.5, 0.6) is 0 Å². The van der Waals surface area contributed by atoms with Crippen molar-refractivity contribution in [1.82, 2.24) is 0 Å². The Balaban J connectivity index is 1.81. The molecule has 2 atom stereocenters. The number of rotatable bonds is 2. The fraction of sp³-hybridized carbons (Fsp3) is 0.538. The van der Waals surface area contributed by atoms with E-state index in [0.717, 1.165) is 17.8 Å². The Kier molecular flexibility index (Phi) is 1.52. The molecule has 0 spiro atoms. The van der Waals surface area contributed by atoms with Crippen molar-refractivity contribution in [3.8, 4) is 0 Å². The zero-order valence-electron chi connectivity index (χ0n) is 8.16. The van der Waals surface area contributed by atoms with E-state index >= 15 is 0 Å². The van der Waals surface area contributed by atoms with Crippen molar-refractivity contribution in [3.05, 3.63) is 35.4 Å². The zero-order chi connectivity index (χ0) is 8.84. The molecule has 2 fully saturated rings. The first kappa shape index (κ1) is 7.61. The molecule has 3 rings (SSSR count). The van der Waals surface area contributed by atoms with Crippen LogP contribution in [0.4, 0.5) is 0 Å². The molecule has 0 heteroatoms. The van der Waals surface area contributed by atoms with Gasteiger partial charge in [0.2, 0.25) is 0 Å². The van der Waals surface area contributed by atoms with Gasteiger partial charge in [-0.3, -0.25) is 0 Å². The molecular weight excluding hydrogens is 156 g/mol. The number of hydrogen-bond donors (Lipinski definition) is 0. The van der Waals surface area contributed by atoms with E-state index in [1.165, 1.54) is 19.3 Å². The first-order valence-electron chi connectivity index (χ1n) is 5.44. The molecule has 0 bridgehead atoms. The van der Waals surface area contributed by atoms with Crippen LogP contribution in [-0.4, -0.2) is 0 Å². The van der Waals surface area contributed by atoms with Crippen LogP contribution >= 0.6 is 0 Å². The van der Waals surface area contributed by atoms with E-state index in [2.05, 4.69) is 31.2 Å². The molecule has 13 heavy (non-hydrogen) atoms. The average molecular weight is 172 g/mol. The second-order valence-corrected chi connectivity index (χ2v) is 4.76. The van der Waals surface area contributed by atoms with Crippen LogP contribution in [0.2, 0.25) is 0 Å². The van der Waals surface area contributed by atoms with Crippen LogP contribution in [0.25, 0.3) is 0 Å². The summed E-state index contributed by atoms with van der Waals surface area (Å²) in [4.78, 5) is 0. The lowest BCUT2D eigenvalue weighted by molar-refractivity contribution is 0.913. The number of hydrogen-bond acceptors (Lipinski definition) is 0. The van der Waals surface area contributed by atoms with E-state index in [9.17, 15) is 0 Å². The molecule has 0 unspecified atom stereocenters. The SMILES string of the molecule is C[C@@H]1C[C@H]1c1ccc(C2CC2)cc1. The fourth-order valence-electron chi connectivity index (χ4n) is 2.22. The van der Waals surface area contributed by atoms with Crippen molar-refractivity contribution in [2.75, 3.05) is 0 Å². The second kappa shape index (κ2) is 2.60. The number of benzene rings is 1. The smallest absolute Gasteiger partial charge is 0.0133 e. The molecule has 0 aromatic heterocycles. The van der Waals surface area contributed by atoms with Crippen molar-refractivity contribution in [3.63, 3.8) is 0 Å². The maximum absolute atomic E-state index is 2.35. The van der Waals surface area contributed by atoms with Crippen molar-refractivity contribution < 1.29 is 0 Å². The molecule has 0 radical (unpaired) electrons. The summed E-state index contributed by atoms with van der Waals surface area (Å²) in [6, 6.07) is 9.39. The summed E-state index contributed by atoms with van der Waals surface area (Å²) in [5, 5.41) is 0. The summed E-state index contributed by atoms with van der Waals surface area (Å²) < 4.78 is 0. The molecule has 0 N–H and O–H groups in total. The lowest BCUT2D eigenvalue weighted by atomic mass is 10.0. The minimum Gasteiger partial charge on any atom is -0.0619 e. The van der Waals surface area contributed by atoms with Gasteiger partial charge in [0, 0.05) is 0 Å². The Morgan fingerprint density at radius 1 is 1.00 bits per heavy atom. The molecule has 68 valence electrons. The van der Waals surface area contributed by atoms with E-state index in [1.807, 2.05) is 0 Å². The maximum Gasteiger partial charge on any atom is -0.0133 e. The lowest BCUT2D eigenvalue weighted by Crippen LogP contribution is -1.83. The van der Waals surface area contributed by atoms with Gasteiger partial charge in [0.1, 0.15) is 0 Å². The third-order valence-corrected chi connectivity index (χ3v) is 3.52. The van der Waals surface area contributed by atoms with Crippen molar-refractivity contribution in [1.29, 1.82) is 0 Å². The van der Waals surface area contributed by atoms with Gasteiger partial charge >= 0.3 is 0 Å². The molecule has 0 nitrogen and oxygen atoms in total. The van der Waals surface area contributed by atoms with Gasteiger partial charge in [-0.2, -0.15) is 0 Å². The fourth-order valence-corrected chi connectivity index (χ4v) is 2.22. The molecule has 1 aromatic carbocycles. The zero-order valence-corrected chi connectivity index (χ0v) is 8.16. The highest BCUT2D eigenvalue weighted by atomic mass is 14.4. The largest absolute Gasteiger partial charge is 0.0619 e. The van der Waals surface area contributed by atoms with Gasteiger partial charge in [-0.15, -0.1) is 0 Å². The Bertz CT molecular complexity index is 305. The Morgan fingerprint density at radius 3 is 2.00 bits per heavy atom. The van der Waals surface area contributed by atoms with Crippen LogP contribution < -0.4 is 0 Å². The summed E-state index contributed by atoms with van der Waals surface area (Å²) in [6.07, 6.45) is 4.24. The summed E-state index contributed by atoms with van der Waals surface area (Å²) in [6.45, 7) is 2.35. The second-order valence-electron chi connectivity index (χ2n) is 4.76. The maximum atomic E-state index is 2.35.